The molecular weight excluding hydrogens is 582 g/mol. The maximum Gasteiger partial charge on any atom is 0.338 e. The van der Waals surface area contributed by atoms with Crippen LogP contribution in [0.3, 0.4) is 0 Å². The van der Waals surface area contributed by atoms with E-state index in [1.165, 1.54) is 24.3 Å². The molecule has 0 radical (unpaired) electrons. The third-order valence-corrected chi connectivity index (χ3v) is 7.27. The first-order chi connectivity index (χ1) is 17.9. The molecule has 1 heterocycles. The van der Waals surface area contributed by atoms with Crippen molar-refractivity contribution in [3.63, 3.8) is 0 Å². The number of halogens is 4. The highest BCUT2D eigenvalue weighted by Crippen LogP contribution is 2.45. The Kier molecular flexibility index (Phi) is 9.64. The maximum absolute atomic E-state index is 13.1. The van der Waals surface area contributed by atoms with E-state index in [9.17, 15) is 24.0 Å². The van der Waals surface area contributed by atoms with Crippen LogP contribution in [0, 0.1) is 5.92 Å². The second-order valence-electron chi connectivity index (χ2n) is 8.54. The quantitative estimate of drug-likeness (QED) is 0.170. The molecule has 0 aliphatic carbocycles. The fraction of sp³-hybridized carbons (Fsp3) is 0.320. The van der Waals surface area contributed by atoms with Crippen LogP contribution >= 0.6 is 46.4 Å². The standard InChI is InChI=1S/C25H22Cl4N2O7/c1-4-9-37-24(35)12-5-7-13(8-6-12)30-14(32)10-38-25(36)21(11(2)3)31-22(33)15-16(23(31)34)18(27)20(29)19(28)17(15)26/h5-8,11,21H,4,9-10H2,1-3H3,(H,30,32)/t21-/m0/s1. The first-order valence-electron chi connectivity index (χ1n) is 11.4. The number of rotatable bonds is 9. The number of imide groups is 1. The number of hydrogen-bond acceptors (Lipinski definition) is 7. The van der Waals surface area contributed by atoms with Gasteiger partial charge in [0.15, 0.2) is 6.61 Å². The Morgan fingerprint density at radius 3 is 1.87 bits per heavy atom. The number of carbonyl (C=O) groups excluding carboxylic acids is 5. The molecule has 38 heavy (non-hydrogen) atoms. The molecule has 0 bridgehead atoms. The van der Waals surface area contributed by atoms with E-state index in [1.54, 1.807) is 13.8 Å². The van der Waals surface area contributed by atoms with Gasteiger partial charge in [-0.05, 0) is 36.6 Å². The van der Waals surface area contributed by atoms with Gasteiger partial charge in [0.2, 0.25) is 0 Å². The minimum atomic E-state index is -1.40. The van der Waals surface area contributed by atoms with Crippen LogP contribution in [-0.2, 0) is 19.1 Å². The summed E-state index contributed by atoms with van der Waals surface area (Å²) in [4.78, 5) is 64.2. The number of nitrogens with zero attached hydrogens (tertiary/aromatic N) is 1. The lowest BCUT2D eigenvalue weighted by atomic mass is 10.0. The van der Waals surface area contributed by atoms with Crippen molar-refractivity contribution in [1.29, 1.82) is 0 Å². The topological polar surface area (TPSA) is 119 Å². The minimum absolute atomic E-state index is 0.202. The zero-order valence-corrected chi connectivity index (χ0v) is 23.4. The predicted molar refractivity (Wildman–Crippen MR) is 142 cm³/mol. The highest BCUT2D eigenvalue weighted by Gasteiger charge is 2.48. The predicted octanol–water partition coefficient (Wildman–Crippen LogP) is 5.67. The molecule has 1 N–H and O–H groups in total. The molecule has 0 saturated heterocycles. The highest BCUT2D eigenvalue weighted by molar-refractivity contribution is 6.55. The number of benzene rings is 2. The number of carbonyl (C=O) groups is 5. The molecular formula is C25H22Cl4N2O7. The fourth-order valence-corrected chi connectivity index (χ4v) is 4.70. The van der Waals surface area contributed by atoms with Gasteiger partial charge in [0, 0.05) is 5.69 Å². The largest absolute Gasteiger partial charge is 0.462 e. The van der Waals surface area contributed by atoms with Crippen molar-refractivity contribution in [2.75, 3.05) is 18.5 Å². The molecule has 0 fully saturated rings. The smallest absolute Gasteiger partial charge is 0.338 e. The number of esters is 2. The summed E-state index contributed by atoms with van der Waals surface area (Å²) in [5, 5.41) is 1.58. The average molecular weight is 604 g/mol. The SMILES string of the molecule is CCCOC(=O)c1ccc(NC(=O)COC(=O)[C@H](C(C)C)N2C(=O)c3c(Cl)c(Cl)c(Cl)c(Cl)c3C2=O)cc1. The first kappa shape index (κ1) is 29.7. The summed E-state index contributed by atoms with van der Waals surface area (Å²) < 4.78 is 10.2. The van der Waals surface area contributed by atoms with Gasteiger partial charge >= 0.3 is 11.9 Å². The molecule has 3 rings (SSSR count). The van der Waals surface area contributed by atoms with Crippen molar-refractivity contribution in [2.45, 2.75) is 33.2 Å². The maximum atomic E-state index is 13.1. The molecule has 202 valence electrons. The Labute approximate surface area is 238 Å². The van der Waals surface area contributed by atoms with Crippen molar-refractivity contribution in [1.82, 2.24) is 4.90 Å². The summed E-state index contributed by atoms with van der Waals surface area (Å²) in [5.74, 6) is -4.56. The van der Waals surface area contributed by atoms with Crippen LogP contribution in [0.5, 0.6) is 0 Å². The molecule has 13 heteroatoms. The van der Waals surface area contributed by atoms with Gasteiger partial charge in [0.25, 0.3) is 17.7 Å². The van der Waals surface area contributed by atoms with Crippen LogP contribution < -0.4 is 5.32 Å². The molecule has 0 unspecified atom stereocenters. The zero-order valence-electron chi connectivity index (χ0n) is 20.4. The number of fused-ring (bicyclic) bond motifs is 1. The molecule has 1 aliphatic rings. The van der Waals surface area contributed by atoms with E-state index in [2.05, 4.69) is 5.32 Å². The van der Waals surface area contributed by atoms with Gasteiger partial charge in [-0.1, -0.05) is 67.2 Å². The number of ether oxygens (including phenoxy) is 2. The first-order valence-corrected chi connectivity index (χ1v) is 12.9. The van der Waals surface area contributed by atoms with Crippen LogP contribution in [-0.4, -0.2) is 53.8 Å². The van der Waals surface area contributed by atoms with Crippen molar-refractivity contribution < 1.29 is 33.4 Å². The van der Waals surface area contributed by atoms with Gasteiger partial charge in [0.05, 0.1) is 43.4 Å². The lowest BCUT2D eigenvalue weighted by Crippen LogP contribution is -2.49. The number of nitrogens with one attached hydrogen (secondary N) is 1. The van der Waals surface area contributed by atoms with Crippen LogP contribution in [0.15, 0.2) is 24.3 Å². The van der Waals surface area contributed by atoms with Gasteiger partial charge in [-0.3, -0.25) is 19.3 Å². The van der Waals surface area contributed by atoms with E-state index in [1.807, 2.05) is 6.92 Å². The lowest BCUT2D eigenvalue weighted by Gasteiger charge is -2.27. The third kappa shape index (κ3) is 5.91. The van der Waals surface area contributed by atoms with Crippen LogP contribution in [0.25, 0.3) is 0 Å². The van der Waals surface area contributed by atoms with Gasteiger partial charge in [-0.2, -0.15) is 0 Å². The summed E-state index contributed by atoms with van der Waals surface area (Å²) in [6, 6.07) is 4.54. The van der Waals surface area contributed by atoms with E-state index < -0.39 is 48.2 Å². The van der Waals surface area contributed by atoms with Gasteiger partial charge < -0.3 is 14.8 Å². The second-order valence-corrected chi connectivity index (χ2v) is 10.1. The summed E-state index contributed by atoms with van der Waals surface area (Å²) in [7, 11) is 0. The van der Waals surface area contributed by atoms with Gasteiger partial charge in [0.1, 0.15) is 6.04 Å². The number of hydrogen-bond donors (Lipinski definition) is 1. The molecule has 1 aliphatic heterocycles. The Morgan fingerprint density at radius 1 is 0.868 bits per heavy atom. The van der Waals surface area contributed by atoms with Gasteiger partial charge in [-0.25, -0.2) is 9.59 Å². The Hall–Kier alpha value is -2.85. The summed E-state index contributed by atoms with van der Waals surface area (Å²) in [6.07, 6.45) is 0.688. The Bertz CT molecular complexity index is 1270. The molecule has 2 aromatic carbocycles. The van der Waals surface area contributed by atoms with Crippen molar-refractivity contribution >= 4 is 81.8 Å². The molecule has 3 amide bonds. The zero-order chi connectivity index (χ0) is 28.3. The minimum Gasteiger partial charge on any atom is -0.462 e. The average Bonchev–Trinajstić information content (AvgIpc) is 3.13. The molecule has 2 aromatic rings. The molecule has 0 spiro atoms. The van der Waals surface area contributed by atoms with E-state index in [4.69, 9.17) is 55.9 Å². The lowest BCUT2D eigenvalue weighted by molar-refractivity contribution is -0.152. The van der Waals surface area contributed by atoms with E-state index >= 15 is 0 Å². The molecule has 0 saturated carbocycles. The second kappa shape index (κ2) is 12.3. The fourth-order valence-electron chi connectivity index (χ4n) is 3.68. The number of amides is 3. The van der Waals surface area contributed by atoms with Crippen LogP contribution in [0.1, 0.15) is 58.3 Å². The number of anilines is 1. The van der Waals surface area contributed by atoms with Crippen molar-refractivity contribution in [3.05, 3.63) is 61.0 Å². The summed E-state index contributed by atoms with van der Waals surface area (Å²) >= 11 is 24.4. The van der Waals surface area contributed by atoms with Crippen molar-refractivity contribution in [2.24, 2.45) is 5.92 Å². The molecule has 1 atom stereocenters. The Morgan fingerprint density at radius 2 is 1.39 bits per heavy atom. The van der Waals surface area contributed by atoms with Crippen LogP contribution in [0.2, 0.25) is 20.1 Å². The van der Waals surface area contributed by atoms with Gasteiger partial charge in [-0.15, -0.1) is 0 Å². The summed E-state index contributed by atoms with van der Waals surface area (Å²) in [5.41, 5.74) is 0.117. The van der Waals surface area contributed by atoms with Crippen LogP contribution in [0.4, 0.5) is 5.69 Å². The molecule has 9 nitrogen and oxygen atoms in total. The summed E-state index contributed by atoms with van der Waals surface area (Å²) in [6.45, 7) is 4.64. The normalized spacial score (nSPS) is 13.4. The van der Waals surface area contributed by atoms with Crippen molar-refractivity contribution in [3.8, 4) is 0 Å². The monoisotopic (exact) mass is 602 g/mol. The third-order valence-electron chi connectivity index (χ3n) is 5.47. The Balaban J connectivity index is 1.70. The molecule has 0 aromatic heterocycles. The van der Waals surface area contributed by atoms with E-state index in [0.717, 1.165) is 0 Å². The van der Waals surface area contributed by atoms with E-state index in [-0.39, 0.29) is 31.2 Å². The highest BCUT2D eigenvalue weighted by atomic mass is 35.5. The van der Waals surface area contributed by atoms with E-state index in [0.29, 0.717) is 29.2 Å².